The van der Waals surface area contributed by atoms with E-state index < -0.39 is 17.1 Å². The van der Waals surface area contributed by atoms with Gasteiger partial charge in [-0.15, -0.1) is 0 Å². The predicted molar refractivity (Wildman–Crippen MR) is 157 cm³/mol. The average Bonchev–Trinajstić information content (AvgIpc) is 3.73. The summed E-state index contributed by atoms with van der Waals surface area (Å²) in [6, 6.07) is 24.6. The fourth-order valence-electron chi connectivity index (χ4n) is 8.80. The van der Waals surface area contributed by atoms with Crippen molar-refractivity contribution in [1.82, 2.24) is 9.80 Å². The molecule has 0 aromatic heterocycles. The predicted octanol–water partition coefficient (Wildman–Crippen LogP) is 4.82. The van der Waals surface area contributed by atoms with Gasteiger partial charge in [0.25, 0.3) is 0 Å². The Hall–Kier alpha value is -2.90. The summed E-state index contributed by atoms with van der Waals surface area (Å²) in [6.07, 6.45) is 3.81. The van der Waals surface area contributed by atoms with Gasteiger partial charge in [-0.2, -0.15) is 0 Å². The maximum atomic E-state index is 12.9. The number of hydrogen-bond donors (Lipinski definition) is 2. The van der Waals surface area contributed by atoms with Crippen molar-refractivity contribution in [2.75, 3.05) is 20.1 Å². The Balaban J connectivity index is 1.22. The zero-order valence-corrected chi connectivity index (χ0v) is 23.8. The highest BCUT2D eigenvalue weighted by molar-refractivity contribution is 5.64. The fourth-order valence-corrected chi connectivity index (χ4v) is 8.80. The van der Waals surface area contributed by atoms with E-state index in [0.29, 0.717) is 24.7 Å². The van der Waals surface area contributed by atoms with Gasteiger partial charge in [-0.05, 0) is 74.4 Å². The molecule has 1 saturated heterocycles. The van der Waals surface area contributed by atoms with Gasteiger partial charge in [0, 0.05) is 24.7 Å². The van der Waals surface area contributed by atoms with Gasteiger partial charge in [-0.1, -0.05) is 66.7 Å². The quantitative estimate of drug-likeness (QED) is 0.418. The van der Waals surface area contributed by atoms with Crippen LogP contribution in [-0.2, 0) is 18.6 Å². The molecule has 6 atom stereocenters. The van der Waals surface area contributed by atoms with Crippen molar-refractivity contribution in [3.8, 4) is 11.5 Å². The molecule has 3 aliphatic carbocycles. The number of nitrogens with zero attached hydrogens (tertiary/aromatic N) is 2. The Morgan fingerprint density at radius 2 is 1.68 bits per heavy atom. The first-order valence-corrected chi connectivity index (χ1v) is 15.4. The van der Waals surface area contributed by atoms with Crippen LogP contribution in [0.1, 0.15) is 60.5 Å². The summed E-state index contributed by atoms with van der Waals surface area (Å²) in [6.45, 7) is 3.09. The minimum absolute atomic E-state index is 0.128. The molecule has 2 N–H and O–H groups in total. The Kier molecular flexibility index (Phi) is 6.01. The van der Waals surface area contributed by atoms with Gasteiger partial charge >= 0.3 is 0 Å². The summed E-state index contributed by atoms with van der Waals surface area (Å²) in [7, 11) is 2.19. The Bertz CT molecular complexity index is 1430. The molecule has 6 heteroatoms. The maximum Gasteiger partial charge on any atom is 0.166 e. The number of hydrogen-bond acceptors (Lipinski definition) is 6. The van der Waals surface area contributed by atoms with E-state index in [4.69, 9.17) is 9.47 Å². The molecule has 3 fully saturated rings. The molecule has 214 valence electrons. The third kappa shape index (κ3) is 3.84. The molecule has 3 aromatic carbocycles. The molecule has 2 saturated carbocycles. The van der Waals surface area contributed by atoms with Crippen LogP contribution in [0.2, 0.25) is 0 Å². The van der Waals surface area contributed by atoms with Crippen molar-refractivity contribution < 1.29 is 19.7 Å². The van der Waals surface area contributed by atoms with Crippen LogP contribution in [0.15, 0.2) is 72.8 Å². The number of benzene rings is 3. The Morgan fingerprint density at radius 3 is 2.41 bits per heavy atom. The number of piperidine rings is 1. The first-order chi connectivity index (χ1) is 20.0. The molecule has 2 bridgehead atoms. The largest absolute Gasteiger partial charge is 0.485 e. The standard InChI is InChI=1S/C35H40N2O4/c1-36(20-23-8-4-2-5-9-23)27-16-17-35(39)32-30(38)26-14-15-28(40-22-25-10-6-3-7-11-25)31-29(26)34(35,33(27)41-31)18-19-37(32)21-24-12-13-24/h2-11,14-15,24,27,30,32-33,38-39H,12-13,16-22H2,1H3/t27-,30-,32-,33+,34+,35-/m1/s1. The summed E-state index contributed by atoms with van der Waals surface area (Å²) >= 11 is 0. The van der Waals surface area contributed by atoms with E-state index in [-0.39, 0.29) is 18.2 Å². The van der Waals surface area contributed by atoms with Crippen LogP contribution in [0.25, 0.3) is 0 Å². The zero-order valence-electron chi connectivity index (χ0n) is 23.8. The highest BCUT2D eigenvalue weighted by Gasteiger charge is 2.75. The number of rotatable bonds is 8. The monoisotopic (exact) mass is 552 g/mol. The zero-order chi connectivity index (χ0) is 27.8. The lowest BCUT2D eigenvalue weighted by atomic mass is 9.47. The van der Waals surface area contributed by atoms with Gasteiger partial charge < -0.3 is 19.7 Å². The summed E-state index contributed by atoms with van der Waals surface area (Å²) in [5.41, 5.74) is 2.63. The molecule has 1 spiro atoms. The number of likely N-dealkylation sites (N-methyl/N-ethyl adjacent to an activating group) is 1. The normalized spacial score (nSPS) is 33.4. The molecular formula is C35H40N2O4. The van der Waals surface area contributed by atoms with E-state index in [1.54, 1.807) is 0 Å². The summed E-state index contributed by atoms with van der Waals surface area (Å²) in [4.78, 5) is 4.83. The molecule has 2 aliphatic heterocycles. The highest BCUT2D eigenvalue weighted by atomic mass is 16.5. The van der Waals surface area contributed by atoms with Crippen molar-refractivity contribution in [2.24, 2.45) is 5.92 Å². The Labute approximate surface area is 242 Å². The topological polar surface area (TPSA) is 65.4 Å². The van der Waals surface area contributed by atoms with E-state index in [1.807, 2.05) is 30.3 Å². The second kappa shape index (κ2) is 9.56. The van der Waals surface area contributed by atoms with Gasteiger partial charge in [0.2, 0.25) is 0 Å². The summed E-state index contributed by atoms with van der Waals surface area (Å²) in [5, 5.41) is 24.9. The van der Waals surface area contributed by atoms with E-state index in [1.165, 1.54) is 18.4 Å². The molecule has 0 unspecified atom stereocenters. The summed E-state index contributed by atoms with van der Waals surface area (Å²) in [5.74, 6) is 2.12. The molecular weight excluding hydrogens is 512 g/mol. The van der Waals surface area contributed by atoms with Gasteiger partial charge in [0.1, 0.15) is 12.7 Å². The Morgan fingerprint density at radius 1 is 0.951 bits per heavy atom. The molecule has 5 aliphatic rings. The van der Waals surface area contributed by atoms with Gasteiger partial charge in [0.15, 0.2) is 11.5 Å². The van der Waals surface area contributed by atoms with Crippen LogP contribution in [0, 0.1) is 5.92 Å². The minimum Gasteiger partial charge on any atom is -0.485 e. The van der Waals surface area contributed by atoms with Crippen molar-refractivity contribution in [2.45, 2.75) is 80.6 Å². The number of aliphatic hydroxyl groups is 2. The number of likely N-dealkylation sites (tertiary alicyclic amines) is 1. The van der Waals surface area contributed by atoms with Crippen LogP contribution in [0.5, 0.6) is 11.5 Å². The number of ether oxygens (including phenoxy) is 2. The first-order valence-electron chi connectivity index (χ1n) is 15.4. The average molecular weight is 553 g/mol. The molecule has 2 heterocycles. The second-order valence-electron chi connectivity index (χ2n) is 13.2. The van der Waals surface area contributed by atoms with Gasteiger partial charge in [-0.25, -0.2) is 0 Å². The maximum absolute atomic E-state index is 12.9. The third-order valence-corrected chi connectivity index (χ3v) is 10.8. The fraction of sp³-hybridized carbons (Fsp3) is 0.486. The van der Waals surface area contributed by atoms with E-state index in [0.717, 1.165) is 54.9 Å². The van der Waals surface area contributed by atoms with Crippen LogP contribution < -0.4 is 9.47 Å². The second-order valence-corrected chi connectivity index (χ2v) is 13.2. The third-order valence-electron chi connectivity index (χ3n) is 10.8. The van der Waals surface area contributed by atoms with Gasteiger partial charge in [-0.3, -0.25) is 9.80 Å². The SMILES string of the molecule is CN(Cc1ccccc1)[C@@H]1CC[C@@]2(O)[C@H]3[C@H](O)c4ccc(OCc5ccccc5)c5c4[C@@]2(CCN3CC2CC2)[C@H]1O5. The van der Waals surface area contributed by atoms with Gasteiger partial charge in [0.05, 0.1) is 23.2 Å². The number of aliphatic hydroxyl groups excluding tert-OH is 1. The van der Waals surface area contributed by atoms with Crippen LogP contribution in [-0.4, -0.2) is 63.9 Å². The van der Waals surface area contributed by atoms with Crippen LogP contribution >= 0.6 is 0 Å². The van der Waals surface area contributed by atoms with Crippen molar-refractivity contribution in [3.63, 3.8) is 0 Å². The molecule has 8 rings (SSSR count). The van der Waals surface area contributed by atoms with Crippen LogP contribution in [0.4, 0.5) is 0 Å². The summed E-state index contributed by atoms with van der Waals surface area (Å²) < 4.78 is 13.5. The molecule has 3 aromatic rings. The first kappa shape index (κ1) is 25.8. The smallest absolute Gasteiger partial charge is 0.166 e. The lowest BCUT2D eigenvalue weighted by Gasteiger charge is -2.65. The van der Waals surface area contributed by atoms with E-state index in [2.05, 4.69) is 59.3 Å². The van der Waals surface area contributed by atoms with Crippen LogP contribution in [0.3, 0.4) is 0 Å². The molecule has 6 nitrogen and oxygen atoms in total. The van der Waals surface area contributed by atoms with Crippen molar-refractivity contribution in [1.29, 1.82) is 0 Å². The molecule has 41 heavy (non-hydrogen) atoms. The van der Waals surface area contributed by atoms with Crippen molar-refractivity contribution >= 4 is 0 Å². The van der Waals surface area contributed by atoms with Crippen molar-refractivity contribution in [3.05, 3.63) is 95.1 Å². The lowest BCUT2D eigenvalue weighted by molar-refractivity contribution is -0.223. The lowest BCUT2D eigenvalue weighted by Crippen LogP contribution is -2.78. The molecule has 0 amide bonds. The minimum atomic E-state index is -1.06. The molecule has 0 radical (unpaired) electrons. The van der Waals surface area contributed by atoms with E-state index >= 15 is 0 Å². The van der Waals surface area contributed by atoms with E-state index in [9.17, 15) is 10.2 Å². The highest BCUT2D eigenvalue weighted by Crippen LogP contribution is 2.68.